The molecule has 7 nitrogen and oxygen atoms in total. The monoisotopic (exact) mass is 507 g/mol. The van der Waals surface area contributed by atoms with Crippen LogP contribution in [-0.2, 0) is 9.47 Å². The van der Waals surface area contributed by atoms with Gasteiger partial charge in [0.2, 0.25) is 0 Å². The van der Waals surface area contributed by atoms with Crippen molar-refractivity contribution < 1.29 is 18.9 Å². The Morgan fingerprint density at radius 2 is 2.00 bits per heavy atom. The molecule has 1 fully saturated rings. The van der Waals surface area contributed by atoms with Crippen LogP contribution in [0, 0.1) is 5.92 Å². The number of guanidine groups is 1. The lowest BCUT2D eigenvalue weighted by atomic mass is 10.1. The zero-order chi connectivity index (χ0) is 19.3. The van der Waals surface area contributed by atoms with E-state index in [9.17, 15) is 0 Å². The SMILES string of the molecule is CN=C(NCCCOCC1CCOC1)N(C)CCOc1ccc(OC)cc1.I. The number of likely N-dealkylation sites (N-methyl/N-ethyl adjacent to an activating group) is 1. The molecule has 1 aliphatic rings. The summed E-state index contributed by atoms with van der Waals surface area (Å²) in [5, 5.41) is 3.36. The lowest BCUT2D eigenvalue weighted by Crippen LogP contribution is -2.41. The molecule has 0 amide bonds. The van der Waals surface area contributed by atoms with Gasteiger partial charge in [-0.3, -0.25) is 4.99 Å². The van der Waals surface area contributed by atoms with Crippen LogP contribution in [0.2, 0.25) is 0 Å². The third kappa shape index (κ3) is 9.29. The fourth-order valence-electron chi connectivity index (χ4n) is 2.80. The van der Waals surface area contributed by atoms with Crippen molar-refractivity contribution in [2.45, 2.75) is 12.8 Å². The lowest BCUT2D eigenvalue weighted by Gasteiger charge is -2.22. The van der Waals surface area contributed by atoms with E-state index in [1.54, 1.807) is 14.2 Å². The van der Waals surface area contributed by atoms with Gasteiger partial charge in [-0.1, -0.05) is 0 Å². The minimum atomic E-state index is 0. The number of nitrogens with one attached hydrogen (secondary N) is 1. The summed E-state index contributed by atoms with van der Waals surface area (Å²) in [6.45, 7) is 5.42. The van der Waals surface area contributed by atoms with Gasteiger partial charge in [0.05, 0.1) is 26.9 Å². The van der Waals surface area contributed by atoms with Gasteiger partial charge >= 0.3 is 0 Å². The predicted molar refractivity (Wildman–Crippen MR) is 122 cm³/mol. The summed E-state index contributed by atoms with van der Waals surface area (Å²) >= 11 is 0. The summed E-state index contributed by atoms with van der Waals surface area (Å²) in [6, 6.07) is 7.59. The molecule has 1 N–H and O–H groups in total. The van der Waals surface area contributed by atoms with E-state index in [1.807, 2.05) is 31.3 Å². The molecule has 0 spiro atoms. The normalized spacial score (nSPS) is 16.4. The third-order valence-corrected chi connectivity index (χ3v) is 4.45. The van der Waals surface area contributed by atoms with Crippen molar-refractivity contribution in [2.24, 2.45) is 10.9 Å². The summed E-state index contributed by atoms with van der Waals surface area (Å²) in [4.78, 5) is 6.37. The average molecular weight is 507 g/mol. The van der Waals surface area contributed by atoms with Gasteiger partial charge in [-0.25, -0.2) is 0 Å². The molecule has 0 saturated carbocycles. The van der Waals surface area contributed by atoms with E-state index in [0.717, 1.165) is 69.8 Å². The van der Waals surface area contributed by atoms with Crippen molar-refractivity contribution in [3.8, 4) is 11.5 Å². The molecule has 1 unspecified atom stereocenters. The Kier molecular flexibility index (Phi) is 13.0. The van der Waals surface area contributed by atoms with Gasteiger partial charge in [-0.2, -0.15) is 0 Å². The van der Waals surface area contributed by atoms with E-state index in [-0.39, 0.29) is 24.0 Å². The molecule has 1 aliphatic heterocycles. The predicted octanol–water partition coefficient (Wildman–Crippen LogP) is 2.64. The molecular formula is C20H34IN3O4. The Bertz CT molecular complexity index is 551. The highest BCUT2D eigenvalue weighted by molar-refractivity contribution is 14.0. The minimum absolute atomic E-state index is 0. The van der Waals surface area contributed by atoms with Crippen LogP contribution in [-0.4, -0.2) is 78.2 Å². The van der Waals surface area contributed by atoms with E-state index in [2.05, 4.69) is 15.2 Å². The fraction of sp³-hybridized carbons (Fsp3) is 0.650. The van der Waals surface area contributed by atoms with Gasteiger partial charge in [0, 0.05) is 39.8 Å². The van der Waals surface area contributed by atoms with Crippen molar-refractivity contribution in [1.29, 1.82) is 0 Å². The molecule has 0 aromatic heterocycles. The summed E-state index contributed by atoms with van der Waals surface area (Å²) in [6.07, 6.45) is 2.07. The lowest BCUT2D eigenvalue weighted by molar-refractivity contribution is 0.0887. The first-order chi connectivity index (χ1) is 13.2. The maximum absolute atomic E-state index is 5.77. The molecule has 160 valence electrons. The highest BCUT2D eigenvalue weighted by Gasteiger charge is 2.15. The van der Waals surface area contributed by atoms with Crippen LogP contribution in [0.4, 0.5) is 0 Å². The zero-order valence-corrected chi connectivity index (χ0v) is 19.5. The van der Waals surface area contributed by atoms with Crippen molar-refractivity contribution in [3.63, 3.8) is 0 Å². The topological polar surface area (TPSA) is 64.6 Å². The Morgan fingerprint density at radius 1 is 1.25 bits per heavy atom. The Labute approximate surface area is 185 Å². The van der Waals surface area contributed by atoms with Gasteiger partial charge in [-0.15, -0.1) is 24.0 Å². The van der Waals surface area contributed by atoms with Gasteiger partial charge in [0.1, 0.15) is 18.1 Å². The third-order valence-electron chi connectivity index (χ3n) is 4.45. The van der Waals surface area contributed by atoms with Gasteiger partial charge in [-0.05, 0) is 37.1 Å². The van der Waals surface area contributed by atoms with Crippen LogP contribution in [0.25, 0.3) is 0 Å². The van der Waals surface area contributed by atoms with Crippen LogP contribution in [0.3, 0.4) is 0 Å². The number of benzene rings is 1. The Morgan fingerprint density at radius 3 is 2.64 bits per heavy atom. The first kappa shape index (κ1) is 24.8. The molecule has 1 atom stereocenters. The zero-order valence-electron chi connectivity index (χ0n) is 17.2. The van der Waals surface area contributed by atoms with Crippen LogP contribution in [0.1, 0.15) is 12.8 Å². The summed E-state index contributed by atoms with van der Waals surface area (Å²) in [5.74, 6) is 3.08. The average Bonchev–Trinajstić information content (AvgIpc) is 3.21. The van der Waals surface area contributed by atoms with Crippen LogP contribution in [0.15, 0.2) is 29.3 Å². The maximum Gasteiger partial charge on any atom is 0.193 e. The number of hydrogen-bond donors (Lipinski definition) is 1. The molecule has 28 heavy (non-hydrogen) atoms. The molecule has 1 saturated heterocycles. The summed E-state index contributed by atoms with van der Waals surface area (Å²) < 4.78 is 22.0. The number of rotatable bonds is 11. The number of halogens is 1. The number of ether oxygens (including phenoxy) is 4. The van der Waals surface area contributed by atoms with E-state index >= 15 is 0 Å². The van der Waals surface area contributed by atoms with Gasteiger partial charge in [0.15, 0.2) is 5.96 Å². The molecule has 1 aromatic carbocycles. The first-order valence-corrected chi connectivity index (χ1v) is 9.57. The van der Waals surface area contributed by atoms with Gasteiger partial charge in [0.25, 0.3) is 0 Å². The van der Waals surface area contributed by atoms with Crippen molar-refractivity contribution >= 4 is 29.9 Å². The molecule has 8 heteroatoms. The molecule has 1 aromatic rings. The van der Waals surface area contributed by atoms with Crippen LogP contribution < -0.4 is 14.8 Å². The van der Waals surface area contributed by atoms with E-state index in [0.29, 0.717) is 12.5 Å². The summed E-state index contributed by atoms with van der Waals surface area (Å²) in [7, 11) is 5.45. The van der Waals surface area contributed by atoms with Crippen LogP contribution >= 0.6 is 24.0 Å². The highest BCUT2D eigenvalue weighted by Crippen LogP contribution is 2.16. The van der Waals surface area contributed by atoms with Crippen LogP contribution in [0.5, 0.6) is 11.5 Å². The Balaban J connectivity index is 0.00000392. The largest absolute Gasteiger partial charge is 0.497 e. The van der Waals surface area contributed by atoms with E-state index < -0.39 is 0 Å². The van der Waals surface area contributed by atoms with Gasteiger partial charge < -0.3 is 29.2 Å². The molecular weight excluding hydrogens is 473 g/mol. The van der Waals surface area contributed by atoms with Crippen molar-refractivity contribution in [2.75, 3.05) is 67.3 Å². The molecule has 0 bridgehead atoms. The smallest absolute Gasteiger partial charge is 0.193 e. The number of nitrogens with zero attached hydrogens (tertiary/aromatic N) is 2. The summed E-state index contributed by atoms with van der Waals surface area (Å²) in [5.41, 5.74) is 0. The second-order valence-corrected chi connectivity index (χ2v) is 6.58. The molecule has 2 rings (SSSR count). The second-order valence-electron chi connectivity index (χ2n) is 6.58. The number of aliphatic imine (C=N–C) groups is 1. The molecule has 0 aliphatic carbocycles. The highest BCUT2D eigenvalue weighted by atomic mass is 127. The Hall–Kier alpha value is -1.26. The second kappa shape index (κ2) is 14.7. The quantitative estimate of drug-likeness (QED) is 0.215. The van der Waals surface area contributed by atoms with Crippen molar-refractivity contribution in [3.05, 3.63) is 24.3 Å². The minimum Gasteiger partial charge on any atom is -0.497 e. The first-order valence-electron chi connectivity index (χ1n) is 9.57. The van der Waals surface area contributed by atoms with E-state index in [1.165, 1.54) is 0 Å². The molecule has 1 heterocycles. The molecule has 0 radical (unpaired) electrons. The van der Waals surface area contributed by atoms with E-state index in [4.69, 9.17) is 18.9 Å². The number of methoxy groups -OCH3 is 1. The van der Waals surface area contributed by atoms with Crippen molar-refractivity contribution in [1.82, 2.24) is 10.2 Å². The standard InChI is InChI=1S/C20H33N3O4.HI/c1-21-20(22-10-4-12-25-15-17-9-13-26-16-17)23(2)11-14-27-19-7-5-18(24-3)6-8-19;/h5-8,17H,4,9-16H2,1-3H3,(H,21,22);1H. The number of hydrogen-bond acceptors (Lipinski definition) is 5. The fourth-order valence-corrected chi connectivity index (χ4v) is 2.80. The maximum atomic E-state index is 5.77.